The van der Waals surface area contributed by atoms with Crippen molar-refractivity contribution in [1.82, 2.24) is 19.7 Å². The molecule has 1 aliphatic heterocycles. The molecular weight excluding hydrogens is 368 g/mol. The van der Waals surface area contributed by atoms with Crippen molar-refractivity contribution in [1.29, 1.82) is 0 Å². The van der Waals surface area contributed by atoms with E-state index in [9.17, 15) is 4.79 Å². The fourth-order valence-electron chi connectivity index (χ4n) is 2.97. The topological polar surface area (TPSA) is 66.3 Å². The van der Waals surface area contributed by atoms with Crippen LogP contribution in [0.5, 0.6) is 0 Å². The lowest BCUT2D eigenvalue weighted by Crippen LogP contribution is -2.48. The van der Waals surface area contributed by atoms with Gasteiger partial charge < -0.3 is 10.2 Å². The van der Waals surface area contributed by atoms with Crippen molar-refractivity contribution in [2.24, 2.45) is 0 Å². The third-order valence-corrected chi connectivity index (χ3v) is 5.99. The highest BCUT2D eigenvalue weighted by atomic mass is 32.1. The van der Waals surface area contributed by atoms with Gasteiger partial charge in [0.25, 0.3) is 0 Å². The molecule has 0 atom stereocenters. The number of hydrogen-bond acceptors (Lipinski definition) is 7. The van der Waals surface area contributed by atoms with Crippen LogP contribution in [0.1, 0.15) is 4.88 Å². The lowest BCUT2D eigenvalue weighted by atomic mass is 10.3. The van der Waals surface area contributed by atoms with Gasteiger partial charge in [-0.15, -0.1) is 22.7 Å². The largest absolute Gasteiger partial charge is 0.346 e. The standard InChI is InChI=1S/C17H20N6OS2/c24-16(13-21-6-8-22(9-7-21)17-18-5-11-26-17)20-15-3-4-19-23(15)12-14-2-1-10-25-14/h1-5,10-11H,6-9,12-13H2,(H,20,24). The molecule has 1 N–H and O–H groups in total. The Bertz CT molecular complexity index is 821. The normalized spacial score (nSPS) is 15.3. The molecule has 1 saturated heterocycles. The number of thiazole rings is 1. The van der Waals surface area contributed by atoms with Gasteiger partial charge in [0.05, 0.1) is 19.3 Å². The number of carbonyl (C=O) groups is 1. The van der Waals surface area contributed by atoms with Gasteiger partial charge in [-0.3, -0.25) is 9.69 Å². The van der Waals surface area contributed by atoms with Gasteiger partial charge in [0.2, 0.25) is 5.91 Å². The van der Waals surface area contributed by atoms with E-state index in [4.69, 9.17) is 0 Å². The van der Waals surface area contributed by atoms with Crippen LogP contribution in [0, 0.1) is 0 Å². The number of carbonyl (C=O) groups excluding carboxylic acids is 1. The fourth-order valence-corrected chi connectivity index (χ4v) is 4.35. The van der Waals surface area contributed by atoms with E-state index in [0.29, 0.717) is 13.1 Å². The van der Waals surface area contributed by atoms with Gasteiger partial charge in [-0.25, -0.2) is 9.67 Å². The highest BCUT2D eigenvalue weighted by molar-refractivity contribution is 7.13. The number of hydrogen-bond donors (Lipinski definition) is 1. The first kappa shape index (κ1) is 17.2. The number of thiophene rings is 1. The first-order valence-electron chi connectivity index (χ1n) is 8.49. The van der Waals surface area contributed by atoms with Gasteiger partial charge >= 0.3 is 0 Å². The molecule has 0 saturated carbocycles. The van der Waals surface area contributed by atoms with E-state index in [0.717, 1.165) is 37.1 Å². The third kappa shape index (κ3) is 4.12. The maximum Gasteiger partial charge on any atom is 0.239 e. The summed E-state index contributed by atoms with van der Waals surface area (Å²) in [6, 6.07) is 5.93. The summed E-state index contributed by atoms with van der Waals surface area (Å²) in [7, 11) is 0. The summed E-state index contributed by atoms with van der Waals surface area (Å²) < 4.78 is 1.82. The van der Waals surface area contributed by atoms with Crippen molar-refractivity contribution in [2.45, 2.75) is 6.54 Å². The predicted octanol–water partition coefficient (Wildman–Crippen LogP) is 2.21. The van der Waals surface area contributed by atoms with Gasteiger partial charge in [-0.2, -0.15) is 5.10 Å². The van der Waals surface area contributed by atoms with Crippen molar-refractivity contribution in [3.8, 4) is 0 Å². The van der Waals surface area contributed by atoms with Crippen LogP contribution < -0.4 is 10.2 Å². The molecule has 4 heterocycles. The van der Waals surface area contributed by atoms with E-state index < -0.39 is 0 Å². The van der Waals surface area contributed by atoms with Gasteiger partial charge in [0.15, 0.2) is 5.13 Å². The quantitative estimate of drug-likeness (QED) is 0.701. The maximum absolute atomic E-state index is 12.4. The number of rotatable bonds is 6. The lowest BCUT2D eigenvalue weighted by molar-refractivity contribution is -0.117. The Morgan fingerprint density at radius 1 is 1.12 bits per heavy atom. The van der Waals surface area contributed by atoms with Crippen LogP contribution in [0.4, 0.5) is 10.9 Å². The lowest BCUT2D eigenvalue weighted by Gasteiger charge is -2.34. The van der Waals surface area contributed by atoms with E-state index in [1.165, 1.54) is 4.88 Å². The van der Waals surface area contributed by atoms with E-state index in [2.05, 4.69) is 31.3 Å². The molecular formula is C17H20N6OS2. The second kappa shape index (κ2) is 7.98. The Labute approximate surface area is 159 Å². The van der Waals surface area contributed by atoms with Crippen LogP contribution >= 0.6 is 22.7 Å². The molecule has 4 rings (SSSR count). The molecule has 0 unspecified atom stereocenters. The summed E-state index contributed by atoms with van der Waals surface area (Å²) in [6.45, 7) is 4.60. The molecule has 1 amide bonds. The smallest absolute Gasteiger partial charge is 0.239 e. The third-order valence-electron chi connectivity index (χ3n) is 4.30. The maximum atomic E-state index is 12.4. The first-order chi connectivity index (χ1) is 12.8. The fraction of sp³-hybridized carbons (Fsp3) is 0.353. The summed E-state index contributed by atoms with van der Waals surface area (Å²) in [6.07, 6.45) is 3.55. The average molecular weight is 389 g/mol. The Balaban J connectivity index is 1.28. The molecule has 3 aromatic rings. The number of nitrogens with zero attached hydrogens (tertiary/aromatic N) is 5. The van der Waals surface area contributed by atoms with Crippen molar-refractivity contribution in [3.63, 3.8) is 0 Å². The molecule has 0 bridgehead atoms. The zero-order valence-corrected chi connectivity index (χ0v) is 15.9. The van der Waals surface area contributed by atoms with E-state index in [1.807, 2.05) is 33.8 Å². The van der Waals surface area contributed by atoms with E-state index in [1.54, 1.807) is 28.9 Å². The predicted molar refractivity (Wildman–Crippen MR) is 105 cm³/mol. The number of nitrogens with one attached hydrogen (secondary N) is 1. The SMILES string of the molecule is O=C(CN1CCN(c2nccs2)CC1)Nc1ccnn1Cc1cccs1. The van der Waals surface area contributed by atoms with Crippen molar-refractivity contribution >= 4 is 39.5 Å². The minimum Gasteiger partial charge on any atom is -0.346 e. The van der Waals surface area contributed by atoms with Crippen molar-refractivity contribution in [2.75, 3.05) is 42.9 Å². The van der Waals surface area contributed by atoms with Gasteiger partial charge in [-0.1, -0.05) is 6.07 Å². The molecule has 136 valence electrons. The molecule has 1 fully saturated rings. The summed E-state index contributed by atoms with van der Waals surface area (Å²) in [4.78, 5) is 22.4. The monoisotopic (exact) mass is 388 g/mol. The number of aromatic nitrogens is 3. The second-order valence-electron chi connectivity index (χ2n) is 6.08. The zero-order chi connectivity index (χ0) is 17.8. The number of piperazine rings is 1. The molecule has 0 spiro atoms. The molecule has 1 aliphatic rings. The summed E-state index contributed by atoms with van der Waals surface area (Å²) in [5, 5.41) is 12.4. The highest BCUT2D eigenvalue weighted by Crippen LogP contribution is 2.19. The highest BCUT2D eigenvalue weighted by Gasteiger charge is 2.20. The van der Waals surface area contributed by atoms with Crippen LogP contribution in [-0.4, -0.2) is 58.3 Å². The van der Waals surface area contributed by atoms with Crippen LogP contribution in [0.3, 0.4) is 0 Å². The van der Waals surface area contributed by atoms with Crippen LogP contribution in [-0.2, 0) is 11.3 Å². The minimum absolute atomic E-state index is 0.000582. The molecule has 7 nitrogen and oxygen atoms in total. The Hall–Kier alpha value is -2.23. The minimum atomic E-state index is 0.000582. The average Bonchev–Trinajstić information content (AvgIpc) is 3.40. The molecule has 26 heavy (non-hydrogen) atoms. The molecule has 9 heteroatoms. The van der Waals surface area contributed by atoms with Crippen LogP contribution in [0.25, 0.3) is 0 Å². The summed E-state index contributed by atoms with van der Waals surface area (Å²) >= 11 is 3.34. The zero-order valence-electron chi connectivity index (χ0n) is 14.2. The number of anilines is 2. The van der Waals surface area contributed by atoms with Crippen LogP contribution in [0.15, 0.2) is 41.4 Å². The number of amides is 1. The van der Waals surface area contributed by atoms with Gasteiger partial charge in [0, 0.05) is 48.7 Å². The Morgan fingerprint density at radius 2 is 2.00 bits per heavy atom. The van der Waals surface area contributed by atoms with Crippen LogP contribution in [0.2, 0.25) is 0 Å². The molecule has 3 aromatic heterocycles. The second-order valence-corrected chi connectivity index (χ2v) is 7.98. The van der Waals surface area contributed by atoms with Gasteiger partial charge in [0.1, 0.15) is 5.82 Å². The summed E-state index contributed by atoms with van der Waals surface area (Å²) in [5.41, 5.74) is 0. The molecule has 0 aromatic carbocycles. The first-order valence-corrected chi connectivity index (χ1v) is 10.2. The summed E-state index contributed by atoms with van der Waals surface area (Å²) in [5.74, 6) is 0.741. The van der Waals surface area contributed by atoms with Gasteiger partial charge in [-0.05, 0) is 11.4 Å². The Kier molecular flexibility index (Phi) is 5.28. The van der Waals surface area contributed by atoms with E-state index >= 15 is 0 Å². The van der Waals surface area contributed by atoms with Crippen molar-refractivity contribution in [3.05, 3.63) is 46.2 Å². The van der Waals surface area contributed by atoms with Crippen molar-refractivity contribution < 1.29 is 4.79 Å². The Morgan fingerprint density at radius 3 is 2.73 bits per heavy atom. The molecule has 0 radical (unpaired) electrons. The van der Waals surface area contributed by atoms with E-state index in [-0.39, 0.29) is 5.91 Å². The molecule has 0 aliphatic carbocycles.